The van der Waals surface area contributed by atoms with Crippen LogP contribution in [0.1, 0.15) is 63.5 Å². The first-order valence-electron chi connectivity index (χ1n) is 13.2. The second kappa shape index (κ2) is 12.2. The number of likely N-dealkylation sites (N-methyl/N-ethyl adjacent to an activating group) is 1. The summed E-state index contributed by atoms with van der Waals surface area (Å²) >= 11 is 0. The van der Waals surface area contributed by atoms with Gasteiger partial charge < -0.3 is 15.5 Å². The molecule has 3 atom stereocenters. The van der Waals surface area contributed by atoms with E-state index in [9.17, 15) is 14.4 Å². The van der Waals surface area contributed by atoms with Crippen LogP contribution in [0.2, 0.25) is 0 Å². The zero-order valence-corrected chi connectivity index (χ0v) is 21.4. The molecule has 1 saturated heterocycles. The number of hydrogen-bond acceptors (Lipinski definition) is 4. The zero-order chi connectivity index (χ0) is 25.5. The lowest BCUT2D eigenvalue weighted by Crippen LogP contribution is -2.55. The van der Waals surface area contributed by atoms with Gasteiger partial charge in [-0.15, -0.1) is 0 Å². The summed E-state index contributed by atoms with van der Waals surface area (Å²) in [4.78, 5) is 42.3. The highest BCUT2D eigenvalue weighted by Gasteiger charge is 2.39. The highest BCUT2D eigenvalue weighted by atomic mass is 16.2. The quantitative estimate of drug-likeness (QED) is 0.513. The molecule has 2 fully saturated rings. The summed E-state index contributed by atoms with van der Waals surface area (Å²) in [7, 11) is 1.75. The monoisotopic (exact) mass is 490 g/mol. The van der Waals surface area contributed by atoms with Crippen LogP contribution in [0.3, 0.4) is 0 Å². The molecule has 4 rings (SSSR count). The van der Waals surface area contributed by atoms with Crippen molar-refractivity contribution < 1.29 is 14.4 Å². The number of nitrogens with zero attached hydrogens (tertiary/aromatic N) is 2. The first kappa shape index (κ1) is 25.9. The van der Waals surface area contributed by atoms with Gasteiger partial charge in [0.2, 0.25) is 18.2 Å². The molecule has 1 heterocycles. The Bertz CT molecular complexity index is 1040. The van der Waals surface area contributed by atoms with Gasteiger partial charge in [0.05, 0.1) is 12.1 Å². The van der Waals surface area contributed by atoms with Gasteiger partial charge in [-0.1, -0.05) is 49.6 Å². The molecular formula is C29H38N4O3. The Hall–Kier alpha value is -3.19. The number of nitrogens with one attached hydrogen (secondary N) is 2. The van der Waals surface area contributed by atoms with Crippen LogP contribution in [0.4, 0.5) is 11.4 Å². The van der Waals surface area contributed by atoms with Gasteiger partial charge >= 0.3 is 0 Å². The Balaban J connectivity index is 1.58. The fourth-order valence-electron chi connectivity index (χ4n) is 5.56. The first-order valence-corrected chi connectivity index (χ1v) is 13.2. The molecule has 2 aliphatic rings. The molecular weight excluding hydrogens is 452 g/mol. The van der Waals surface area contributed by atoms with Crippen LogP contribution in [0.5, 0.6) is 0 Å². The van der Waals surface area contributed by atoms with E-state index in [0.29, 0.717) is 6.54 Å². The molecule has 36 heavy (non-hydrogen) atoms. The molecule has 2 N–H and O–H groups in total. The van der Waals surface area contributed by atoms with Gasteiger partial charge in [0.25, 0.3) is 0 Å². The van der Waals surface area contributed by atoms with Gasteiger partial charge in [-0.2, -0.15) is 0 Å². The summed E-state index contributed by atoms with van der Waals surface area (Å²) in [5, 5.41) is 6.08. The van der Waals surface area contributed by atoms with Gasteiger partial charge in [0, 0.05) is 17.9 Å². The van der Waals surface area contributed by atoms with E-state index in [1.165, 1.54) is 6.42 Å². The molecule has 7 nitrogen and oxygen atoms in total. The van der Waals surface area contributed by atoms with E-state index in [1.807, 2.05) is 66.4 Å². The van der Waals surface area contributed by atoms with E-state index in [-0.39, 0.29) is 29.8 Å². The maximum Gasteiger partial charge on any atom is 0.245 e. The van der Waals surface area contributed by atoms with E-state index in [4.69, 9.17) is 0 Å². The third-order valence-corrected chi connectivity index (χ3v) is 7.72. The van der Waals surface area contributed by atoms with Gasteiger partial charge in [0.15, 0.2) is 0 Å². The molecule has 2 aromatic carbocycles. The number of para-hydroxylation sites is 1. The Morgan fingerprint density at radius 2 is 1.69 bits per heavy atom. The van der Waals surface area contributed by atoms with Crippen molar-refractivity contribution in [3.05, 3.63) is 60.2 Å². The van der Waals surface area contributed by atoms with Crippen LogP contribution < -0.4 is 15.5 Å². The van der Waals surface area contributed by atoms with Crippen molar-refractivity contribution >= 4 is 29.6 Å². The predicted molar refractivity (Wildman–Crippen MR) is 142 cm³/mol. The van der Waals surface area contributed by atoms with Crippen molar-refractivity contribution in [2.75, 3.05) is 18.5 Å². The van der Waals surface area contributed by atoms with E-state index in [0.717, 1.165) is 61.9 Å². The fourth-order valence-corrected chi connectivity index (χ4v) is 5.56. The highest BCUT2D eigenvalue weighted by Crippen LogP contribution is 2.37. The summed E-state index contributed by atoms with van der Waals surface area (Å²) in [5.74, 6) is 0.0425. The maximum absolute atomic E-state index is 14.0. The van der Waals surface area contributed by atoms with Crippen LogP contribution in [0.15, 0.2) is 54.6 Å². The van der Waals surface area contributed by atoms with Crippen LogP contribution in [-0.2, 0) is 14.4 Å². The number of hydrogen-bond donors (Lipinski definition) is 2. The van der Waals surface area contributed by atoms with E-state index in [1.54, 1.807) is 11.9 Å². The molecule has 0 radical (unpaired) electrons. The average molecular weight is 491 g/mol. The van der Waals surface area contributed by atoms with Gasteiger partial charge in [-0.3, -0.25) is 19.3 Å². The second-order valence-corrected chi connectivity index (χ2v) is 9.99. The van der Waals surface area contributed by atoms with Crippen LogP contribution >= 0.6 is 0 Å². The molecule has 1 aliphatic heterocycles. The molecule has 0 spiro atoms. The minimum atomic E-state index is -0.506. The molecule has 192 valence electrons. The maximum atomic E-state index is 14.0. The van der Waals surface area contributed by atoms with Crippen molar-refractivity contribution in [1.82, 2.24) is 15.5 Å². The number of benzene rings is 2. The van der Waals surface area contributed by atoms with E-state index in [2.05, 4.69) is 10.6 Å². The highest BCUT2D eigenvalue weighted by molar-refractivity contribution is 5.90. The van der Waals surface area contributed by atoms with Crippen molar-refractivity contribution in [1.29, 1.82) is 0 Å². The number of rotatable bonds is 9. The summed E-state index contributed by atoms with van der Waals surface area (Å²) in [6.45, 7) is 2.48. The Morgan fingerprint density at radius 3 is 2.39 bits per heavy atom. The Kier molecular flexibility index (Phi) is 8.75. The molecule has 0 bridgehead atoms. The van der Waals surface area contributed by atoms with Crippen LogP contribution in [0.25, 0.3) is 0 Å². The summed E-state index contributed by atoms with van der Waals surface area (Å²) < 4.78 is 0. The Labute approximate surface area is 214 Å². The molecule has 1 saturated carbocycles. The average Bonchev–Trinajstić information content (AvgIpc) is 3.43. The van der Waals surface area contributed by atoms with Crippen molar-refractivity contribution in [3.63, 3.8) is 0 Å². The Morgan fingerprint density at radius 1 is 0.972 bits per heavy atom. The smallest absolute Gasteiger partial charge is 0.245 e. The lowest BCUT2D eigenvalue weighted by atomic mass is 9.83. The van der Waals surface area contributed by atoms with Crippen molar-refractivity contribution in [2.24, 2.45) is 5.92 Å². The minimum absolute atomic E-state index is 0.0155. The summed E-state index contributed by atoms with van der Waals surface area (Å²) in [6.07, 6.45) is 7.90. The first-order chi connectivity index (χ1) is 17.5. The second-order valence-electron chi connectivity index (χ2n) is 9.99. The number of carbonyl (C=O) groups is 3. The normalized spacial score (nSPS) is 19.9. The van der Waals surface area contributed by atoms with Crippen molar-refractivity contribution in [2.45, 2.75) is 70.0 Å². The summed E-state index contributed by atoms with van der Waals surface area (Å²) in [5.41, 5.74) is 2.58. The van der Waals surface area contributed by atoms with Gasteiger partial charge in [0.1, 0.15) is 6.04 Å². The minimum Gasteiger partial charge on any atom is -0.343 e. The van der Waals surface area contributed by atoms with Crippen LogP contribution in [0, 0.1) is 5.92 Å². The zero-order valence-electron chi connectivity index (χ0n) is 21.4. The molecule has 1 aliphatic carbocycles. The lowest BCUT2D eigenvalue weighted by molar-refractivity contribution is -0.139. The molecule has 0 aromatic heterocycles. The SMILES string of the molecule is CN[C@@H](C)C(=O)N[C@H](C(=O)N1CCC[C@@H]1c1cccc(N(C=O)c2ccccc2)c1)C1CCCCC1. The largest absolute Gasteiger partial charge is 0.343 e. The molecule has 3 amide bonds. The van der Waals surface area contributed by atoms with Crippen LogP contribution in [-0.4, -0.2) is 48.8 Å². The van der Waals surface area contributed by atoms with E-state index < -0.39 is 6.04 Å². The lowest BCUT2D eigenvalue weighted by Gasteiger charge is -2.35. The molecule has 0 unspecified atom stereocenters. The van der Waals surface area contributed by atoms with Crippen molar-refractivity contribution in [3.8, 4) is 0 Å². The predicted octanol–water partition coefficient (Wildman–Crippen LogP) is 4.32. The topological polar surface area (TPSA) is 81.8 Å². The number of amides is 3. The molecule has 2 aromatic rings. The molecule has 7 heteroatoms. The standard InChI is InChI=1S/C29H38N4O3/c1-21(30-2)28(35)31-27(22-11-5-3-6-12-22)29(36)32-18-10-17-26(32)23-13-9-16-25(19-23)33(20-34)24-14-7-4-8-15-24/h4,7-9,13-16,19-22,26-27,30H,3,5-6,10-12,17-18H2,1-2H3,(H,31,35)/t21-,26+,27-/m0/s1. The summed E-state index contributed by atoms with van der Waals surface area (Å²) in [6, 6.07) is 16.5. The number of anilines is 2. The third-order valence-electron chi connectivity index (χ3n) is 7.72. The number of likely N-dealkylation sites (tertiary alicyclic amines) is 1. The third kappa shape index (κ3) is 5.78. The fraction of sp³-hybridized carbons (Fsp3) is 0.483. The van der Waals surface area contributed by atoms with E-state index >= 15 is 0 Å². The van der Waals surface area contributed by atoms with Gasteiger partial charge in [-0.25, -0.2) is 0 Å². The number of carbonyl (C=O) groups excluding carboxylic acids is 3. The van der Waals surface area contributed by atoms with Gasteiger partial charge in [-0.05, 0) is 75.4 Å².